The van der Waals surface area contributed by atoms with Gasteiger partial charge < -0.3 is 19.7 Å². The molecule has 6 nitrogen and oxygen atoms in total. The van der Waals surface area contributed by atoms with E-state index in [-0.39, 0.29) is 18.2 Å². The average Bonchev–Trinajstić information content (AvgIpc) is 2.55. The normalized spacial score (nSPS) is 14.4. The molecule has 2 rings (SSSR count). The fraction of sp³-hybridized carbons (Fsp3) is 0.500. The number of ether oxygens (including phenoxy) is 2. The second kappa shape index (κ2) is 7.68. The van der Waals surface area contributed by atoms with Crippen LogP contribution in [0.25, 0.3) is 0 Å². The minimum absolute atomic E-state index is 0.113. The monoisotopic (exact) mass is 306 g/mol. The van der Waals surface area contributed by atoms with Crippen molar-refractivity contribution in [1.82, 2.24) is 4.90 Å². The van der Waals surface area contributed by atoms with E-state index in [2.05, 4.69) is 5.32 Å². The molecule has 0 aliphatic carbocycles. The smallest absolute Gasteiger partial charge is 0.233 e. The first-order valence-electron chi connectivity index (χ1n) is 7.43. The Morgan fingerprint density at radius 1 is 1.09 bits per heavy atom. The van der Waals surface area contributed by atoms with Gasteiger partial charge in [-0.25, -0.2) is 0 Å². The van der Waals surface area contributed by atoms with Crippen molar-refractivity contribution in [2.24, 2.45) is 0 Å². The number of carbonyl (C=O) groups excluding carboxylic acids is 2. The predicted octanol–water partition coefficient (Wildman–Crippen LogP) is 2.04. The van der Waals surface area contributed by atoms with Crippen LogP contribution < -0.4 is 14.8 Å². The molecule has 1 fully saturated rings. The number of piperidine rings is 1. The Balaban J connectivity index is 1.92. The summed E-state index contributed by atoms with van der Waals surface area (Å²) in [6, 6.07) is 5.09. The molecule has 0 bridgehead atoms. The van der Waals surface area contributed by atoms with Crippen LogP contribution in [0.15, 0.2) is 18.2 Å². The van der Waals surface area contributed by atoms with Crippen molar-refractivity contribution in [1.29, 1.82) is 0 Å². The Labute approximate surface area is 130 Å². The lowest BCUT2D eigenvalue weighted by atomic mass is 10.1. The number of benzene rings is 1. The Bertz CT molecular complexity index is 539. The van der Waals surface area contributed by atoms with E-state index in [9.17, 15) is 9.59 Å². The molecule has 1 aromatic carbocycles. The van der Waals surface area contributed by atoms with E-state index >= 15 is 0 Å². The van der Waals surface area contributed by atoms with Crippen LogP contribution in [-0.2, 0) is 9.59 Å². The molecule has 1 aliphatic rings. The second-order valence-corrected chi connectivity index (χ2v) is 5.24. The maximum absolute atomic E-state index is 12.0. The van der Waals surface area contributed by atoms with Gasteiger partial charge in [-0.2, -0.15) is 0 Å². The molecule has 1 aliphatic heterocycles. The zero-order valence-corrected chi connectivity index (χ0v) is 13.1. The number of methoxy groups -OCH3 is 2. The molecular formula is C16H22N2O4. The van der Waals surface area contributed by atoms with Gasteiger partial charge in [-0.05, 0) is 31.4 Å². The Hall–Kier alpha value is -2.24. The highest BCUT2D eigenvalue weighted by atomic mass is 16.5. The summed E-state index contributed by atoms with van der Waals surface area (Å²) >= 11 is 0. The summed E-state index contributed by atoms with van der Waals surface area (Å²) in [7, 11) is 3.08. The maximum Gasteiger partial charge on any atom is 0.233 e. The SMILES string of the molecule is COc1ccc(NC(=O)CC(=O)N2CCCCC2)cc1OC. The van der Waals surface area contributed by atoms with Crippen LogP contribution in [0.5, 0.6) is 11.5 Å². The number of nitrogens with one attached hydrogen (secondary N) is 1. The molecule has 0 aromatic heterocycles. The molecule has 0 radical (unpaired) electrons. The Morgan fingerprint density at radius 3 is 2.41 bits per heavy atom. The lowest BCUT2D eigenvalue weighted by Gasteiger charge is -2.26. The molecule has 0 atom stereocenters. The van der Waals surface area contributed by atoms with Crippen LogP contribution in [0.2, 0.25) is 0 Å². The molecular weight excluding hydrogens is 284 g/mol. The highest BCUT2D eigenvalue weighted by Gasteiger charge is 2.19. The summed E-state index contributed by atoms with van der Waals surface area (Å²) in [5.74, 6) is 0.688. The molecule has 2 amide bonds. The number of anilines is 1. The highest BCUT2D eigenvalue weighted by Crippen LogP contribution is 2.29. The third-order valence-corrected chi connectivity index (χ3v) is 3.69. The number of hydrogen-bond acceptors (Lipinski definition) is 4. The number of carbonyl (C=O) groups is 2. The van der Waals surface area contributed by atoms with Gasteiger partial charge in [-0.3, -0.25) is 9.59 Å². The minimum Gasteiger partial charge on any atom is -0.493 e. The number of nitrogens with zero attached hydrogens (tertiary/aromatic N) is 1. The minimum atomic E-state index is -0.317. The summed E-state index contributed by atoms with van der Waals surface area (Å²) in [6.07, 6.45) is 3.06. The van der Waals surface area contributed by atoms with E-state index in [1.54, 1.807) is 30.2 Å². The molecule has 6 heteroatoms. The van der Waals surface area contributed by atoms with Crippen LogP contribution in [0.1, 0.15) is 25.7 Å². The molecule has 0 spiro atoms. The van der Waals surface area contributed by atoms with Gasteiger partial charge in [0.15, 0.2) is 11.5 Å². The summed E-state index contributed by atoms with van der Waals surface area (Å²) in [5, 5.41) is 2.72. The number of likely N-dealkylation sites (tertiary alicyclic amines) is 1. The molecule has 1 N–H and O–H groups in total. The van der Waals surface area contributed by atoms with E-state index in [1.807, 2.05) is 0 Å². The van der Waals surface area contributed by atoms with Gasteiger partial charge in [0.25, 0.3) is 0 Å². The second-order valence-electron chi connectivity index (χ2n) is 5.24. The first kappa shape index (κ1) is 16.1. The van der Waals surface area contributed by atoms with E-state index < -0.39 is 0 Å². The van der Waals surface area contributed by atoms with Crippen molar-refractivity contribution in [2.75, 3.05) is 32.6 Å². The van der Waals surface area contributed by atoms with Crippen LogP contribution in [0.3, 0.4) is 0 Å². The third-order valence-electron chi connectivity index (χ3n) is 3.69. The van der Waals surface area contributed by atoms with Gasteiger partial charge >= 0.3 is 0 Å². The lowest BCUT2D eigenvalue weighted by molar-refractivity contribution is -0.135. The topological polar surface area (TPSA) is 67.9 Å². The Morgan fingerprint density at radius 2 is 1.77 bits per heavy atom. The van der Waals surface area contributed by atoms with Gasteiger partial charge in [0.2, 0.25) is 11.8 Å². The quantitative estimate of drug-likeness (QED) is 0.845. The number of rotatable bonds is 5. The molecule has 120 valence electrons. The van der Waals surface area contributed by atoms with E-state index in [0.29, 0.717) is 17.2 Å². The maximum atomic E-state index is 12.0. The standard InChI is InChI=1S/C16H22N2O4/c1-21-13-7-6-12(10-14(13)22-2)17-15(19)11-16(20)18-8-4-3-5-9-18/h6-7,10H,3-5,8-9,11H2,1-2H3,(H,17,19). The fourth-order valence-electron chi connectivity index (χ4n) is 2.51. The third kappa shape index (κ3) is 4.13. The molecule has 1 heterocycles. The average molecular weight is 306 g/mol. The van der Waals surface area contributed by atoms with E-state index in [4.69, 9.17) is 9.47 Å². The van der Waals surface area contributed by atoms with Crippen molar-refractivity contribution in [2.45, 2.75) is 25.7 Å². The summed E-state index contributed by atoms with van der Waals surface area (Å²) in [6.45, 7) is 1.50. The van der Waals surface area contributed by atoms with Crippen LogP contribution in [0, 0.1) is 0 Å². The van der Waals surface area contributed by atoms with Crippen LogP contribution >= 0.6 is 0 Å². The molecule has 0 unspecified atom stereocenters. The molecule has 0 saturated carbocycles. The molecule has 22 heavy (non-hydrogen) atoms. The van der Waals surface area contributed by atoms with E-state index in [0.717, 1.165) is 32.4 Å². The predicted molar refractivity (Wildman–Crippen MR) is 83.2 cm³/mol. The molecule has 1 aromatic rings. The van der Waals surface area contributed by atoms with Crippen LogP contribution in [0.4, 0.5) is 5.69 Å². The summed E-state index contributed by atoms with van der Waals surface area (Å²) < 4.78 is 10.3. The first-order valence-corrected chi connectivity index (χ1v) is 7.43. The first-order chi connectivity index (χ1) is 10.6. The van der Waals surface area contributed by atoms with Crippen molar-refractivity contribution in [3.05, 3.63) is 18.2 Å². The summed E-state index contributed by atoms with van der Waals surface area (Å²) in [4.78, 5) is 25.8. The highest BCUT2D eigenvalue weighted by molar-refractivity contribution is 6.03. The largest absolute Gasteiger partial charge is 0.493 e. The summed E-state index contributed by atoms with van der Waals surface area (Å²) in [5.41, 5.74) is 0.578. The lowest BCUT2D eigenvalue weighted by Crippen LogP contribution is -2.37. The van der Waals surface area contributed by atoms with Crippen molar-refractivity contribution in [3.63, 3.8) is 0 Å². The van der Waals surface area contributed by atoms with Gasteiger partial charge in [-0.15, -0.1) is 0 Å². The zero-order chi connectivity index (χ0) is 15.9. The van der Waals surface area contributed by atoms with Gasteiger partial charge in [0, 0.05) is 24.8 Å². The molecule has 1 saturated heterocycles. The van der Waals surface area contributed by atoms with Crippen molar-refractivity contribution < 1.29 is 19.1 Å². The zero-order valence-electron chi connectivity index (χ0n) is 13.1. The van der Waals surface area contributed by atoms with E-state index in [1.165, 1.54) is 7.11 Å². The fourth-order valence-corrected chi connectivity index (χ4v) is 2.51. The van der Waals surface area contributed by atoms with Crippen molar-refractivity contribution in [3.8, 4) is 11.5 Å². The van der Waals surface area contributed by atoms with Crippen LogP contribution in [-0.4, -0.2) is 44.0 Å². The van der Waals surface area contributed by atoms with Gasteiger partial charge in [-0.1, -0.05) is 0 Å². The number of hydrogen-bond donors (Lipinski definition) is 1. The number of amides is 2. The van der Waals surface area contributed by atoms with Gasteiger partial charge in [0.05, 0.1) is 14.2 Å². The van der Waals surface area contributed by atoms with Crippen molar-refractivity contribution >= 4 is 17.5 Å². The van der Waals surface area contributed by atoms with Gasteiger partial charge in [0.1, 0.15) is 6.42 Å². The Kier molecular flexibility index (Phi) is 5.63.